The second kappa shape index (κ2) is 13.0. The minimum Gasteiger partial charge on any atom is -0.494 e. The highest BCUT2D eigenvalue weighted by Crippen LogP contribution is 2.25. The van der Waals surface area contributed by atoms with Crippen LogP contribution in [-0.4, -0.2) is 32.7 Å². The summed E-state index contributed by atoms with van der Waals surface area (Å²) in [7, 11) is 0. The topological polar surface area (TPSA) is 64.4 Å². The van der Waals surface area contributed by atoms with Crippen molar-refractivity contribution in [1.29, 1.82) is 0 Å². The lowest BCUT2D eigenvalue weighted by Crippen LogP contribution is -2.32. The lowest BCUT2D eigenvalue weighted by Gasteiger charge is -2.23. The molecule has 6 nitrogen and oxygen atoms in total. The van der Waals surface area contributed by atoms with Gasteiger partial charge in [-0.1, -0.05) is 88.4 Å². The van der Waals surface area contributed by atoms with E-state index in [0.717, 1.165) is 21.3 Å². The molecule has 5 aromatic rings. The molecular weight excluding hydrogens is 586 g/mol. The van der Waals surface area contributed by atoms with Gasteiger partial charge in [0.25, 0.3) is 5.56 Å². The third kappa shape index (κ3) is 6.63. The standard InChI is InChI=1S/C32H28BrN3O3S/c1-2-39-27-16-14-26(15-17-27)36-31(38)28-19-25(33)13-18-29(28)34-32(36)40-22-30(37)35(20-23-9-5-3-6-10-23)21-24-11-7-4-8-12-24/h3-19H,2,20-22H2,1H3. The van der Waals surface area contributed by atoms with E-state index in [9.17, 15) is 9.59 Å². The molecule has 0 bridgehead atoms. The van der Waals surface area contributed by atoms with Crippen LogP contribution in [0.2, 0.25) is 0 Å². The van der Waals surface area contributed by atoms with Gasteiger partial charge in [0.1, 0.15) is 5.75 Å². The first-order valence-electron chi connectivity index (χ1n) is 13.0. The Kier molecular flexibility index (Phi) is 8.98. The molecular formula is C32H28BrN3O3S. The van der Waals surface area contributed by atoms with Crippen LogP contribution in [-0.2, 0) is 17.9 Å². The Balaban J connectivity index is 1.47. The van der Waals surface area contributed by atoms with E-state index >= 15 is 0 Å². The van der Waals surface area contributed by atoms with Gasteiger partial charge in [-0.15, -0.1) is 0 Å². The number of halogens is 1. The zero-order valence-corrected chi connectivity index (χ0v) is 24.4. The monoisotopic (exact) mass is 613 g/mol. The van der Waals surface area contributed by atoms with E-state index in [4.69, 9.17) is 9.72 Å². The van der Waals surface area contributed by atoms with Crippen molar-refractivity contribution in [3.8, 4) is 11.4 Å². The van der Waals surface area contributed by atoms with E-state index in [2.05, 4.69) is 15.9 Å². The highest BCUT2D eigenvalue weighted by Gasteiger charge is 2.19. The summed E-state index contributed by atoms with van der Waals surface area (Å²) in [4.78, 5) is 34.0. The highest BCUT2D eigenvalue weighted by atomic mass is 79.9. The number of benzene rings is 4. The smallest absolute Gasteiger partial charge is 0.266 e. The van der Waals surface area contributed by atoms with Gasteiger partial charge in [0.05, 0.1) is 29.0 Å². The largest absolute Gasteiger partial charge is 0.494 e. The van der Waals surface area contributed by atoms with Crippen molar-refractivity contribution in [2.24, 2.45) is 0 Å². The van der Waals surface area contributed by atoms with E-state index < -0.39 is 0 Å². The van der Waals surface area contributed by atoms with E-state index in [1.807, 2.05) is 109 Å². The van der Waals surface area contributed by atoms with Gasteiger partial charge in [0, 0.05) is 17.6 Å². The summed E-state index contributed by atoms with van der Waals surface area (Å²) in [6.07, 6.45) is 0. The maximum absolute atomic E-state index is 13.7. The summed E-state index contributed by atoms with van der Waals surface area (Å²) in [5.41, 5.74) is 3.14. The Morgan fingerprint density at radius 3 is 2.12 bits per heavy atom. The number of hydrogen-bond acceptors (Lipinski definition) is 5. The Hall–Kier alpha value is -3.88. The van der Waals surface area contributed by atoms with Crippen molar-refractivity contribution >= 4 is 44.5 Å². The van der Waals surface area contributed by atoms with E-state index in [0.29, 0.717) is 41.4 Å². The maximum Gasteiger partial charge on any atom is 0.266 e. The number of carbonyl (C=O) groups is 1. The van der Waals surface area contributed by atoms with Gasteiger partial charge in [-0.2, -0.15) is 0 Å². The number of rotatable bonds is 10. The number of hydrogen-bond donors (Lipinski definition) is 0. The van der Waals surface area contributed by atoms with E-state index in [1.165, 1.54) is 11.8 Å². The number of nitrogens with zero attached hydrogens (tertiary/aromatic N) is 3. The molecule has 1 amide bonds. The van der Waals surface area contributed by atoms with Gasteiger partial charge >= 0.3 is 0 Å². The first-order chi connectivity index (χ1) is 19.5. The van der Waals surface area contributed by atoms with Crippen LogP contribution in [0.25, 0.3) is 16.6 Å². The number of ether oxygens (including phenoxy) is 1. The molecule has 0 unspecified atom stereocenters. The fourth-order valence-electron chi connectivity index (χ4n) is 4.38. The van der Waals surface area contributed by atoms with Crippen LogP contribution in [0.3, 0.4) is 0 Å². The molecule has 1 heterocycles. The molecule has 4 aromatic carbocycles. The van der Waals surface area contributed by atoms with Crippen molar-refractivity contribution in [2.75, 3.05) is 12.4 Å². The van der Waals surface area contributed by atoms with E-state index in [-0.39, 0.29) is 17.2 Å². The molecule has 0 aliphatic rings. The van der Waals surface area contributed by atoms with E-state index in [1.54, 1.807) is 10.6 Å². The van der Waals surface area contributed by atoms with Crippen molar-refractivity contribution in [2.45, 2.75) is 25.2 Å². The van der Waals surface area contributed by atoms with Crippen LogP contribution in [0.1, 0.15) is 18.1 Å². The molecule has 0 saturated heterocycles. The van der Waals surface area contributed by atoms with Crippen LogP contribution < -0.4 is 10.3 Å². The molecule has 0 fully saturated rings. The Morgan fingerprint density at radius 2 is 1.52 bits per heavy atom. The molecule has 0 aliphatic carbocycles. The molecule has 1 aromatic heterocycles. The predicted octanol–water partition coefficient (Wildman–Crippen LogP) is 6.87. The minimum atomic E-state index is -0.198. The average Bonchev–Trinajstić information content (AvgIpc) is 2.98. The van der Waals surface area contributed by atoms with Crippen LogP contribution in [0, 0.1) is 0 Å². The SMILES string of the molecule is CCOc1ccc(-n2c(SCC(=O)N(Cc3ccccc3)Cc3ccccc3)nc3ccc(Br)cc3c2=O)cc1. The number of thioether (sulfide) groups is 1. The maximum atomic E-state index is 13.7. The molecule has 0 spiro atoms. The fourth-order valence-corrected chi connectivity index (χ4v) is 5.65. The van der Waals surface area contributed by atoms with Gasteiger partial charge in [0.2, 0.25) is 5.91 Å². The van der Waals surface area contributed by atoms with Crippen LogP contribution >= 0.6 is 27.7 Å². The first-order valence-corrected chi connectivity index (χ1v) is 14.7. The van der Waals surface area contributed by atoms with Crippen molar-refractivity contribution in [1.82, 2.24) is 14.5 Å². The predicted molar refractivity (Wildman–Crippen MR) is 164 cm³/mol. The molecule has 0 saturated carbocycles. The quantitative estimate of drug-likeness (QED) is 0.127. The Bertz CT molecular complexity index is 1620. The number of amides is 1. The summed E-state index contributed by atoms with van der Waals surface area (Å²) >= 11 is 4.73. The van der Waals surface area contributed by atoms with Crippen LogP contribution in [0.5, 0.6) is 5.75 Å². The second-order valence-corrected chi connectivity index (χ2v) is 11.0. The second-order valence-electron chi connectivity index (χ2n) is 9.13. The molecule has 8 heteroatoms. The molecule has 5 rings (SSSR count). The molecule has 40 heavy (non-hydrogen) atoms. The number of carbonyl (C=O) groups excluding carboxylic acids is 1. The third-order valence-electron chi connectivity index (χ3n) is 6.32. The highest BCUT2D eigenvalue weighted by molar-refractivity contribution is 9.10. The molecule has 0 aliphatic heterocycles. The average molecular weight is 615 g/mol. The van der Waals surface area contributed by atoms with Gasteiger partial charge < -0.3 is 9.64 Å². The van der Waals surface area contributed by atoms with Gasteiger partial charge in [0.15, 0.2) is 5.16 Å². The normalized spacial score (nSPS) is 10.9. The molecule has 0 radical (unpaired) electrons. The Labute approximate surface area is 245 Å². The first kappa shape index (κ1) is 27.7. The minimum absolute atomic E-state index is 0.0406. The Morgan fingerprint density at radius 1 is 0.900 bits per heavy atom. The lowest BCUT2D eigenvalue weighted by atomic mass is 10.1. The molecule has 0 atom stereocenters. The van der Waals surface area contributed by atoms with Gasteiger partial charge in [-0.25, -0.2) is 4.98 Å². The van der Waals surface area contributed by atoms with Gasteiger partial charge in [-0.05, 0) is 60.5 Å². The zero-order valence-electron chi connectivity index (χ0n) is 22.0. The molecule has 202 valence electrons. The summed E-state index contributed by atoms with van der Waals surface area (Å²) in [6, 6.07) is 32.7. The summed E-state index contributed by atoms with van der Waals surface area (Å²) in [5, 5.41) is 0.949. The molecule has 0 N–H and O–H groups in total. The van der Waals surface area contributed by atoms with Gasteiger partial charge in [-0.3, -0.25) is 14.2 Å². The summed E-state index contributed by atoms with van der Waals surface area (Å²) in [5.74, 6) is 0.810. The van der Waals surface area contributed by atoms with Crippen molar-refractivity contribution in [3.63, 3.8) is 0 Å². The van der Waals surface area contributed by atoms with Crippen molar-refractivity contribution < 1.29 is 9.53 Å². The third-order valence-corrected chi connectivity index (χ3v) is 7.73. The number of fused-ring (bicyclic) bond motifs is 1. The fraction of sp³-hybridized carbons (Fsp3) is 0.156. The van der Waals surface area contributed by atoms with Crippen LogP contribution in [0.4, 0.5) is 0 Å². The summed E-state index contributed by atoms with van der Waals surface area (Å²) < 4.78 is 7.95. The number of aromatic nitrogens is 2. The van der Waals surface area contributed by atoms with Crippen LogP contribution in [0.15, 0.2) is 118 Å². The zero-order chi connectivity index (χ0) is 27.9. The van der Waals surface area contributed by atoms with Crippen molar-refractivity contribution in [3.05, 3.63) is 129 Å². The summed E-state index contributed by atoms with van der Waals surface area (Å²) in [6.45, 7) is 3.45. The lowest BCUT2D eigenvalue weighted by molar-refractivity contribution is -0.129.